The number of halogens is 4. The number of fused-ring (bicyclic) bond motifs is 1. The second-order valence-electron chi connectivity index (χ2n) is 9.39. The Morgan fingerprint density at radius 2 is 1.79 bits per heavy atom. The molecule has 2 amide bonds. The molecule has 13 heteroatoms. The molecule has 2 N–H and O–H groups in total. The Morgan fingerprint density at radius 3 is 2.39 bits per heavy atom. The highest BCUT2D eigenvalue weighted by Crippen LogP contribution is 2.36. The Hall–Kier alpha value is -3.50. The van der Waals surface area contributed by atoms with Gasteiger partial charge in [0.05, 0.1) is 24.0 Å². The fourth-order valence-corrected chi connectivity index (χ4v) is 5.66. The van der Waals surface area contributed by atoms with Crippen LogP contribution in [0.2, 0.25) is 0 Å². The van der Waals surface area contributed by atoms with E-state index in [-0.39, 0.29) is 31.7 Å². The molecular weight excluding hydrogens is 528 g/mol. The Kier molecular flexibility index (Phi) is 7.49. The van der Waals surface area contributed by atoms with E-state index in [4.69, 9.17) is 0 Å². The van der Waals surface area contributed by atoms with Crippen LogP contribution < -0.4 is 15.5 Å². The van der Waals surface area contributed by atoms with Crippen molar-refractivity contribution in [2.24, 2.45) is 0 Å². The summed E-state index contributed by atoms with van der Waals surface area (Å²) in [5, 5.41) is 13.7. The Morgan fingerprint density at radius 1 is 1.13 bits per heavy atom. The van der Waals surface area contributed by atoms with Crippen LogP contribution in [-0.4, -0.2) is 56.0 Å². The fraction of sp³-hybridized carbons (Fsp3) is 0.400. The molecule has 0 spiro atoms. The van der Waals surface area contributed by atoms with Gasteiger partial charge in [0.15, 0.2) is 9.84 Å². The van der Waals surface area contributed by atoms with E-state index >= 15 is 0 Å². The third kappa shape index (κ3) is 6.31. The van der Waals surface area contributed by atoms with Crippen LogP contribution in [0.1, 0.15) is 30.0 Å². The number of para-hydroxylation sites is 1. The zero-order valence-electron chi connectivity index (χ0n) is 20.0. The lowest BCUT2D eigenvalue weighted by Gasteiger charge is -2.28. The number of benzene rings is 2. The molecule has 0 unspecified atom stereocenters. The van der Waals surface area contributed by atoms with Gasteiger partial charge in [-0.05, 0) is 42.2 Å². The molecule has 2 atom stereocenters. The molecule has 0 saturated heterocycles. The average molecular weight is 553 g/mol. The van der Waals surface area contributed by atoms with E-state index in [2.05, 4.69) is 10.6 Å². The van der Waals surface area contributed by atoms with Crippen LogP contribution in [-0.2, 0) is 25.8 Å². The standard InChI is InChI=1S/C25H24F4N4O4S/c26-18-7-5-16(6-8-18)22(25(27,28)29)31-19(23(35)32-24(15-30)9-10-24)14-38(36,37)12-11-33-20-4-2-1-3-17(20)13-21(33)34/h1-8,19,22,31H,9-14H2,(H,32,35)/t19-,22-/m0/s1. The number of rotatable bonds is 10. The Balaban J connectivity index is 1.55. The minimum absolute atomic E-state index is 0.101. The second-order valence-corrected chi connectivity index (χ2v) is 11.6. The van der Waals surface area contributed by atoms with Crippen molar-refractivity contribution in [3.05, 3.63) is 65.5 Å². The normalized spacial score (nSPS) is 17.9. The highest BCUT2D eigenvalue weighted by atomic mass is 32.2. The summed E-state index contributed by atoms with van der Waals surface area (Å²) in [5.41, 5.74) is -0.392. The number of anilines is 1. The van der Waals surface area contributed by atoms with Gasteiger partial charge in [-0.15, -0.1) is 0 Å². The molecule has 38 heavy (non-hydrogen) atoms. The summed E-state index contributed by atoms with van der Waals surface area (Å²) in [4.78, 5) is 26.7. The molecule has 2 aliphatic rings. The molecule has 202 valence electrons. The lowest BCUT2D eigenvalue weighted by molar-refractivity contribution is -0.160. The van der Waals surface area contributed by atoms with Crippen LogP contribution in [0, 0.1) is 17.1 Å². The van der Waals surface area contributed by atoms with E-state index in [1.54, 1.807) is 24.3 Å². The third-order valence-corrected chi connectivity index (χ3v) is 8.16. The van der Waals surface area contributed by atoms with Gasteiger partial charge in [-0.3, -0.25) is 14.9 Å². The van der Waals surface area contributed by atoms with Crippen LogP contribution in [0.25, 0.3) is 0 Å². The van der Waals surface area contributed by atoms with Crippen molar-refractivity contribution in [1.82, 2.24) is 10.6 Å². The van der Waals surface area contributed by atoms with Crippen LogP contribution in [0.5, 0.6) is 0 Å². The highest BCUT2D eigenvalue weighted by Gasteiger charge is 2.48. The summed E-state index contributed by atoms with van der Waals surface area (Å²) in [6.07, 6.45) is -4.29. The molecule has 4 rings (SSSR count). The van der Waals surface area contributed by atoms with Crippen LogP contribution in [0.3, 0.4) is 0 Å². The SMILES string of the molecule is N#CC1(NC(=O)[C@H](CS(=O)(=O)CCN2C(=O)Cc3ccccc32)N[C@@H](c2ccc(F)cc2)C(F)(F)F)CC1. The van der Waals surface area contributed by atoms with Gasteiger partial charge in [0.1, 0.15) is 23.4 Å². The number of nitrogens with one attached hydrogen (secondary N) is 2. The van der Waals surface area contributed by atoms with E-state index < -0.39 is 62.4 Å². The maximum atomic E-state index is 14.0. The Bertz CT molecular complexity index is 1370. The summed E-state index contributed by atoms with van der Waals surface area (Å²) in [6, 6.07) is 7.76. The number of hydrogen-bond acceptors (Lipinski definition) is 6. The minimum atomic E-state index is -4.96. The summed E-state index contributed by atoms with van der Waals surface area (Å²) in [6.45, 7) is -0.241. The van der Waals surface area contributed by atoms with Crippen LogP contribution >= 0.6 is 0 Å². The van der Waals surface area contributed by atoms with Crippen molar-refractivity contribution in [3.8, 4) is 6.07 Å². The van der Waals surface area contributed by atoms with E-state index in [1.807, 2.05) is 6.07 Å². The molecule has 2 aromatic rings. The molecule has 2 aromatic carbocycles. The molecule has 1 aliphatic carbocycles. The van der Waals surface area contributed by atoms with E-state index in [0.717, 1.165) is 29.8 Å². The number of carbonyl (C=O) groups excluding carboxylic acids is 2. The van der Waals surface area contributed by atoms with Gasteiger partial charge < -0.3 is 10.2 Å². The maximum absolute atomic E-state index is 14.0. The quantitative estimate of drug-likeness (QED) is 0.438. The van der Waals surface area contributed by atoms with Gasteiger partial charge >= 0.3 is 6.18 Å². The lowest BCUT2D eigenvalue weighted by atomic mass is 10.0. The maximum Gasteiger partial charge on any atom is 0.407 e. The third-order valence-electron chi connectivity index (χ3n) is 6.51. The molecule has 1 aliphatic heterocycles. The molecule has 1 fully saturated rings. The number of hydrogen-bond donors (Lipinski definition) is 2. The second kappa shape index (κ2) is 10.3. The van der Waals surface area contributed by atoms with E-state index in [0.29, 0.717) is 5.69 Å². The molecule has 1 saturated carbocycles. The van der Waals surface area contributed by atoms with Crippen LogP contribution in [0.15, 0.2) is 48.5 Å². The summed E-state index contributed by atoms with van der Waals surface area (Å²) < 4.78 is 81.3. The van der Waals surface area contributed by atoms with Crippen LogP contribution in [0.4, 0.5) is 23.2 Å². The van der Waals surface area contributed by atoms with Gasteiger partial charge in [0.25, 0.3) is 0 Å². The topological polar surface area (TPSA) is 119 Å². The number of carbonyl (C=O) groups is 2. The van der Waals surface area contributed by atoms with Crippen molar-refractivity contribution in [2.45, 2.75) is 43.1 Å². The zero-order valence-corrected chi connectivity index (χ0v) is 20.8. The predicted molar refractivity (Wildman–Crippen MR) is 129 cm³/mol. The number of alkyl halides is 3. The summed E-state index contributed by atoms with van der Waals surface area (Å²) in [7, 11) is -4.19. The number of amides is 2. The highest BCUT2D eigenvalue weighted by molar-refractivity contribution is 7.91. The number of nitriles is 1. The summed E-state index contributed by atoms with van der Waals surface area (Å²) >= 11 is 0. The van der Waals surface area contributed by atoms with Gasteiger partial charge in [-0.25, -0.2) is 12.8 Å². The van der Waals surface area contributed by atoms with Crippen molar-refractivity contribution < 1.29 is 35.6 Å². The molecule has 8 nitrogen and oxygen atoms in total. The van der Waals surface area contributed by atoms with Crippen molar-refractivity contribution in [2.75, 3.05) is 23.0 Å². The molecule has 1 heterocycles. The van der Waals surface area contributed by atoms with Gasteiger partial charge in [0.2, 0.25) is 11.8 Å². The van der Waals surface area contributed by atoms with Crippen molar-refractivity contribution >= 4 is 27.3 Å². The van der Waals surface area contributed by atoms with Crippen molar-refractivity contribution in [1.29, 1.82) is 5.26 Å². The average Bonchev–Trinajstić information content (AvgIpc) is 3.54. The zero-order chi connectivity index (χ0) is 27.7. The molecule has 0 radical (unpaired) electrons. The molecule has 0 aromatic heterocycles. The number of sulfone groups is 1. The largest absolute Gasteiger partial charge is 0.407 e. The number of nitrogens with zero attached hydrogens (tertiary/aromatic N) is 2. The van der Waals surface area contributed by atoms with E-state index in [9.17, 15) is 40.8 Å². The smallest absolute Gasteiger partial charge is 0.336 e. The monoisotopic (exact) mass is 552 g/mol. The lowest BCUT2D eigenvalue weighted by Crippen LogP contribution is -2.54. The fourth-order valence-electron chi connectivity index (χ4n) is 4.28. The van der Waals surface area contributed by atoms with Gasteiger partial charge in [0, 0.05) is 12.2 Å². The van der Waals surface area contributed by atoms with Crippen molar-refractivity contribution in [3.63, 3.8) is 0 Å². The summed E-state index contributed by atoms with van der Waals surface area (Å²) in [5.74, 6) is -3.78. The van der Waals surface area contributed by atoms with E-state index in [1.165, 1.54) is 4.90 Å². The predicted octanol–water partition coefficient (Wildman–Crippen LogP) is 2.56. The Labute approximate surface area is 216 Å². The minimum Gasteiger partial charge on any atom is -0.336 e. The first kappa shape index (κ1) is 27.5. The van der Waals surface area contributed by atoms with Gasteiger partial charge in [-0.2, -0.15) is 18.4 Å². The first-order chi connectivity index (χ1) is 17.8. The van der Waals surface area contributed by atoms with Gasteiger partial charge in [-0.1, -0.05) is 30.3 Å². The molecule has 0 bridgehead atoms. The molecular formula is C25H24F4N4O4S. The first-order valence-electron chi connectivity index (χ1n) is 11.7. The first-order valence-corrected chi connectivity index (χ1v) is 13.5.